The highest BCUT2D eigenvalue weighted by molar-refractivity contribution is 5.85. The molecule has 4 heteroatoms. The molecule has 0 aliphatic heterocycles. The summed E-state index contributed by atoms with van der Waals surface area (Å²) in [6.07, 6.45) is 1.81. The van der Waals surface area contributed by atoms with Gasteiger partial charge in [0.1, 0.15) is 0 Å². The van der Waals surface area contributed by atoms with Crippen molar-refractivity contribution in [2.45, 2.75) is 13.0 Å². The first kappa shape index (κ1) is 14.2. The molecule has 1 aromatic rings. The summed E-state index contributed by atoms with van der Waals surface area (Å²) in [5.41, 5.74) is 1.09. The maximum Gasteiger partial charge on any atom is 0.0570 e. The van der Waals surface area contributed by atoms with E-state index in [0.29, 0.717) is 6.04 Å². The lowest BCUT2D eigenvalue weighted by Gasteiger charge is -2.07. The molecule has 0 bridgehead atoms. The highest BCUT2D eigenvalue weighted by atomic mass is 35.5. The predicted molar refractivity (Wildman–Crippen MR) is 56.2 cm³/mol. The number of rotatable bonds is 2. The minimum Gasteiger partial charge on any atom is -0.312 e. The summed E-state index contributed by atoms with van der Waals surface area (Å²) in [5.74, 6) is 0. The number of nitrogens with one attached hydrogen (secondary N) is 1. The van der Waals surface area contributed by atoms with Crippen molar-refractivity contribution >= 4 is 24.8 Å². The third-order valence-electron chi connectivity index (χ3n) is 1.56. The molecule has 0 aliphatic carbocycles. The van der Waals surface area contributed by atoms with Gasteiger partial charge in [-0.05, 0) is 26.1 Å². The minimum atomic E-state index is 0. The molecular formula is C8H14Cl2N2. The molecule has 0 saturated carbocycles. The van der Waals surface area contributed by atoms with Gasteiger partial charge in [0.2, 0.25) is 0 Å². The molecule has 70 valence electrons. The lowest BCUT2D eigenvalue weighted by Crippen LogP contribution is -2.13. The van der Waals surface area contributed by atoms with Crippen LogP contribution in [0.25, 0.3) is 0 Å². The van der Waals surface area contributed by atoms with E-state index in [1.54, 1.807) is 0 Å². The molecule has 1 unspecified atom stereocenters. The van der Waals surface area contributed by atoms with Crippen LogP contribution in [0.5, 0.6) is 0 Å². The van der Waals surface area contributed by atoms with Gasteiger partial charge in [0.05, 0.1) is 5.69 Å². The zero-order valence-corrected chi connectivity index (χ0v) is 8.78. The largest absolute Gasteiger partial charge is 0.312 e. The predicted octanol–water partition coefficient (Wildman–Crippen LogP) is 2.21. The zero-order valence-electron chi connectivity index (χ0n) is 7.15. The van der Waals surface area contributed by atoms with Crippen molar-refractivity contribution < 1.29 is 0 Å². The molecule has 1 heterocycles. The van der Waals surface area contributed by atoms with E-state index < -0.39 is 0 Å². The van der Waals surface area contributed by atoms with E-state index in [1.807, 2.05) is 31.4 Å². The van der Waals surface area contributed by atoms with E-state index in [9.17, 15) is 0 Å². The Morgan fingerprint density at radius 2 is 2.00 bits per heavy atom. The monoisotopic (exact) mass is 208 g/mol. The number of halogens is 2. The number of pyridine rings is 1. The summed E-state index contributed by atoms with van der Waals surface area (Å²) >= 11 is 0. The zero-order chi connectivity index (χ0) is 7.40. The molecule has 0 fully saturated rings. The van der Waals surface area contributed by atoms with E-state index >= 15 is 0 Å². The lowest BCUT2D eigenvalue weighted by atomic mass is 10.2. The van der Waals surface area contributed by atoms with Crippen molar-refractivity contribution in [2.75, 3.05) is 7.05 Å². The van der Waals surface area contributed by atoms with E-state index in [2.05, 4.69) is 17.2 Å². The van der Waals surface area contributed by atoms with Gasteiger partial charge < -0.3 is 5.32 Å². The summed E-state index contributed by atoms with van der Waals surface area (Å²) in [5, 5.41) is 3.12. The Kier molecular flexibility index (Phi) is 8.71. The molecule has 0 spiro atoms. The molecule has 1 aromatic heterocycles. The Balaban J connectivity index is 0. The lowest BCUT2D eigenvalue weighted by molar-refractivity contribution is 0.633. The van der Waals surface area contributed by atoms with Crippen LogP contribution in [0.2, 0.25) is 0 Å². The molecule has 1 atom stereocenters. The quantitative estimate of drug-likeness (QED) is 0.807. The minimum absolute atomic E-state index is 0. The van der Waals surface area contributed by atoms with E-state index in [1.165, 1.54) is 0 Å². The van der Waals surface area contributed by atoms with Gasteiger partial charge in [-0.25, -0.2) is 0 Å². The summed E-state index contributed by atoms with van der Waals surface area (Å²) in [6.45, 7) is 2.09. The number of aromatic nitrogens is 1. The fourth-order valence-corrected chi connectivity index (χ4v) is 0.780. The van der Waals surface area contributed by atoms with Crippen LogP contribution >= 0.6 is 24.8 Å². The summed E-state index contributed by atoms with van der Waals surface area (Å²) in [6, 6.07) is 6.28. The molecule has 0 amide bonds. The van der Waals surface area contributed by atoms with Crippen molar-refractivity contribution in [2.24, 2.45) is 0 Å². The maximum absolute atomic E-state index is 4.19. The van der Waals surface area contributed by atoms with Crippen LogP contribution in [0, 0.1) is 0 Å². The molecule has 12 heavy (non-hydrogen) atoms. The van der Waals surface area contributed by atoms with E-state index in [-0.39, 0.29) is 24.8 Å². The summed E-state index contributed by atoms with van der Waals surface area (Å²) in [7, 11) is 1.93. The van der Waals surface area contributed by atoms with Gasteiger partial charge in [0.15, 0.2) is 0 Å². The summed E-state index contributed by atoms with van der Waals surface area (Å²) in [4.78, 5) is 4.19. The molecule has 1 rings (SSSR count). The maximum atomic E-state index is 4.19. The van der Waals surface area contributed by atoms with Crippen molar-refractivity contribution in [1.29, 1.82) is 0 Å². The van der Waals surface area contributed by atoms with Gasteiger partial charge in [0.25, 0.3) is 0 Å². The SMILES string of the molecule is CNC(C)c1ccccn1.Cl.Cl. The Morgan fingerprint density at radius 1 is 1.33 bits per heavy atom. The van der Waals surface area contributed by atoms with Crippen LogP contribution in [0.4, 0.5) is 0 Å². The van der Waals surface area contributed by atoms with Crippen LogP contribution in [-0.2, 0) is 0 Å². The van der Waals surface area contributed by atoms with Crippen LogP contribution in [0.15, 0.2) is 24.4 Å². The van der Waals surface area contributed by atoms with Crippen molar-refractivity contribution in [3.05, 3.63) is 30.1 Å². The smallest absolute Gasteiger partial charge is 0.0570 e. The highest BCUT2D eigenvalue weighted by Gasteiger charge is 1.99. The molecule has 0 aromatic carbocycles. The number of nitrogens with zero attached hydrogens (tertiary/aromatic N) is 1. The van der Waals surface area contributed by atoms with Crippen molar-refractivity contribution in [3.8, 4) is 0 Å². The highest BCUT2D eigenvalue weighted by Crippen LogP contribution is 2.05. The molecule has 2 nitrogen and oxygen atoms in total. The second-order valence-electron chi connectivity index (χ2n) is 2.26. The van der Waals surface area contributed by atoms with Gasteiger partial charge >= 0.3 is 0 Å². The van der Waals surface area contributed by atoms with E-state index in [4.69, 9.17) is 0 Å². The van der Waals surface area contributed by atoms with Crippen LogP contribution in [0.3, 0.4) is 0 Å². The number of hydrogen-bond donors (Lipinski definition) is 1. The van der Waals surface area contributed by atoms with Crippen LogP contribution in [0.1, 0.15) is 18.7 Å². The molecular weight excluding hydrogens is 195 g/mol. The van der Waals surface area contributed by atoms with Gasteiger partial charge in [0, 0.05) is 12.2 Å². The molecule has 0 aliphatic rings. The van der Waals surface area contributed by atoms with E-state index in [0.717, 1.165) is 5.69 Å². The van der Waals surface area contributed by atoms with Crippen LogP contribution < -0.4 is 5.32 Å². The molecule has 0 saturated heterocycles. The Bertz CT molecular complexity index is 192. The first-order chi connectivity index (χ1) is 4.84. The second kappa shape index (κ2) is 7.35. The second-order valence-corrected chi connectivity index (χ2v) is 2.26. The average molecular weight is 209 g/mol. The first-order valence-corrected chi connectivity index (χ1v) is 3.43. The fraction of sp³-hybridized carbons (Fsp3) is 0.375. The Labute approximate surface area is 85.6 Å². The Hall–Kier alpha value is -0.310. The number of hydrogen-bond acceptors (Lipinski definition) is 2. The fourth-order valence-electron chi connectivity index (χ4n) is 0.780. The van der Waals surface area contributed by atoms with Gasteiger partial charge in [-0.15, -0.1) is 24.8 Å². The van der Waals surface area contributed by atoms with Crippen molar-refractivity contribution in [3.63, 3.8) is 0 Å². The average Bonchev–Trinajstić information content (AvgIpc) is 2.05. The van der Waals surface area contributed by atoms with Crippen molar-refractivity contribution in [1.82, 2.24) is 10.3 Å². The normalized spacial score (nSPS) is 10.8. The summed E-state index contributed by atoms with van der Waals surface area (Å²) < 4.78 is 0. The molecule has 0 radical (unpaired) electrons. The topological polar surface area (TPSA) is 24.9 Å². The molecule has 1 N–H and O–H groups in total. The van der Waals surface area contributed by atoms with Crippen LogP contribution in [-0.4, -0.2) is 12.0 Å². The van der Waals surface area contributed by atoms with Gasteiger partial charge in [-0.3, -0.25) is 4.98 Å². The third kappa shape index (κ3) is 3.90. The first-order valence-electron chi connectivity index (χ1n) is 3.43. The van der Waals surface area contributed by atoms with Gasteiger partial charge in [-0.1, -0.05) is 6.07 Å². The third-order valence-corrected chi connectivity index (χ3v) is 1.56. The van der Waals surface area contributed by atoms with Gasteiger partial charge in [-0.2, -0.15) is 0 Å². The Morgan fingerprint density at radius 3 is 2.42 bits per heavy atom. The standard InChI is InChI=1S/C8H12N2.2ClH/c1-7(9-2)8-5-3-4-6-10-8;;/h3-7,9H,1-2H3;2*1H.